The van der Waals surface area contributed by atoms with E-state index in [-0.39, 0.29) is 5.97 Å². The molecule has 0 bridgehead atoms. The summed E-state index contributed by atoms with van der Waals surface area (Å²) >= 11 is 0. The Labute approximate surface area is 92.9 Å². The van der Waals surface area contributed by atoms with Crippen LogP contribution in [0, 0.1) is 0 Å². The summed E-state index contributed by atoms with van der Waals surface area (Å²) < 4.78 is 4.77. The van der Waals surface area contributed by atoms with Crippen molar-refractivity contribution in [3.8, 4) is 0 Å². The van der Waals surface area contributed by atoms with Gasteiger partial charge in [-0.15, -0.1) is 0 Å². The maximum absolute atomic E-state index is 10.4. The number of rotatable bonds is 9. The van der Waals surface area contributed by atoms with E-state index in [4.69, 9.17) is 4.74 Å². The lowest BCUT2D eigenvalue weighted by Crippen LogP contribution is -2.00. The monoisotopic (exact) mass is 213 g/mol. The molecule has 0 saturated carbocycles. The van der Waals surface area contributed by atoms with Gasteiger partial charge in [0.1, 0.15) is 0 Å². The van der Waals surface area contributed by atoms with Crippen molar-refractivity contribution in [1.82, 2.24) is 0 Å². The second-order valence-electron chi connectivity index (χ2n) is 3.63. The quantitative estimate of drug-likeness (QED) is 0.335. The zero-order chi connectivity index (χ0) is 11.4. The zero-order valence-electron chi connectivity index (χ0n) is 10.00. The molecule has 0 heterocycles. The number of unbranched alkanes of at least 4 members (excludes halogenated alkanes) is 4. The number of aliphatic imine (C=N–C) groups is 1. The Kier molecular flexibility index (Phi) is 10.6. The molecule has 0 unspecified atom stereocenters. The van der Waals surface area contributed by atoms with Crippen molar-refractivity contribution in [2.45, 2.75) is 52.4 Å². The molecule has 0 aliphatic heterocycles. The van der Waals surface area contributed by atoms with Crippen LogP contribution in [0.1, 0.15) is 52.4 Å². The molecule has 88 valence electrons. The van der Waals surface area contributed by atoms with Crippen LogP contribution in [0.2, 0.25) is 0 Å². The highest BCUT2D eigenvalue weighted by molar-refractivity contribution is 5.66. The summed E-state index contributed by atoms with van der Waals surface area (Å²) in [6, 6.07) is 0. The van der Waals surface area contributed by atoms with Crippen molar-refractivity contribution in [2.24, 2.45) is 4.99 Å². The van der Waals surface area contributed by atoms with Gasteiger partial charge in [-0.3, -0.25) is 9.79 Å². The summed E-state index contributed by atoms with van der Waals surface area (Å²) in [5, 5.41) is 0. The zero-order valence-corrected chi connectivity index (χ0v) is 10.00. The largest absolute Gasteiger partial charge is 0.465 e. The Morgan fingerprint density at radius 1 is 1.27 bits per heavy atom. The predicted octanol–water partition coefficient (Wildman–Crippen LogP) is 2.98. The van der Waals surface area contributed by atoms with E-state index < -0.39 is 0 Å². The van der Waals surface area contributed by atoms with Gasteiger partial charge in [0.2, 0.25) is 0 Å². The van der Waals surface area contributed by atoms with Gasteiger partial charge in [-0.25, -0.2) is 0 Å². The molecule has 0 aromatic rings. The first-order chi connectivity index (χ1) is 7.27. The Bertz CT molecular complexity index is 178. The Balaban J connectivity index is 3.07. The average Bonchev–Trinajstić information content (AvgIpc) is 2.20. The number of nitrogens with zero attached hydrogens (tertiary/aromatic N) is 1. The van der Waals surface area contributed by atoms with Gasteiger partial charge in [-0.2, -0.15) is 0 Å². The molecule has 3 nitrogen and oxygen atoms in total. The van der Waals surface area contributed by atoms with E-state index in [0.29, 0.717) is 6.61 Å². The van der Waals surface area contributed by atoms with Crippen LogP contribution in [0.3, 0.4) is 0 Å². The van der Waals surface area contributed by atoms with Crippen LogP contribution in [0.15, 0.2) is 4.99 Å². The van der Waals surface area contributed by atoms with E-state index in [9.17, 15) is 4.79 Å². The van der Waals surface area contributed by atoms with E-state index in [0.717, 1.165) is 13.0 Å². The van der Waals surface area contributed by atoms with Gasteiger partial charge in [-0.1, -0.05) is 32.6 Å². The molecule has 0 aromatic heterocycles. The molecule has 0 radical (unpaired) electrons. The molecule has 3 heteroatoms. The summed E-state index contributed by atoms with van der Waals surface area (Å²) in [5.74, 6) is -0.219. The molecule has 0 N–H and O–H groups in total. The van der Waals surface area contributed by atoms with Crippen molar-refractivity contribution >= 4 is 12.2 Å². The molecular weight excluding hydrogens is 190 g/mol. The normalized spacial score (nSPS) is 10.8. The minimum absolute atomic E-state index is 0.219. The third kappa shape index (κ3) is 13.1. The highest BCUT2D eigenvalue weighted by atomic mass is 16.5. The number of hydrogen-bond donors (Lipinski definition) is 0. The highest BCUT2D eigenvalue weighted by Gasteiger charge is 1.89. The Morgan fingerprint density at radius 2 is 2.00 bits per heavy atom. The van der Waals surface area contributed by atoms with Crippen molar-refractivity contribution in [3.63, 3.8) is 0 Å². The average molecular weight is 213 g/mol. The van der Waals surface area contributed by atoms with Crippen LogP contribution in [-0.2, 0) is 9.53 Å². The summed E-state index contributed by atoms with van der Waals surface area (Å²) in [6.07, 6.45) is 8.96. The molecule has 0 rings (SSSR count). The van der Waals surface area contributed by atoms with E-state index in [2.05, 4.69) is 11.9 Å². The highest BCUT2D eigenvalue weighted by Crippen LogP contribution is 2.01. The van der Waals surface area contributed by atoms with E-state index in [1.165, 1.54) is 39.0 Å². The van der Waals surface area contributed by atoms with Gasteiger partial charge in [0.05, 0.1) is 6.61 Å². The van der Waals surface area contributed by atoms with Crippen molar-refractivity contribution < 1.29 is 9.53 Å². The SMILES string of the molecule is CCCCCCCN=CCCOC(C)=O. The topological polar surface area (TPSA) is 38.7 Å². The fourth-order valence-electron chi connectivity index (χ4n) is 1.24. The molecule has 0 aliphatic carbocycles. The molecule has 0 atom stereocenters. The number of carbonyl (C=O) groups is 1. The fourth-order valence-corrected chi connectivity index (χ4v) is 1.24. The van der Waals surface area contributed by atoms with Gasteiger partial charge < -0.3 is 4.74 Å². The number of esters is 1. The van der Waals surface area contributed by atoms with Crippen LogP contribution in [-0.4, -0.2) is 25.3 Å². The van der Waals surface area contributed by atoms with Gasteiger partial charge in [0.15, 0.2) is 0 Å². The lowest BCUT2D eigenvalue weighted by Gasteiger charge is -1.97. The third-order valence-corrected chi connectivity index (χ3v) is 2.07. The van der Waals surface area contributed by atoms with Crippen LogP contribution < -0.4 is 0 Å². The van der Waals surface area contributed by atoms with Gasteiger partial charge in [0, 0.05) is 26.1 Å². The van der Waals surface area contributed by atoms with E-state index in [1.807, 2.05) is 6.21 Å². The van der Waals surface area contributed by atoms with Crippen LogP contribution in [0.4, 0.5) is 0 Å². The van der Waals surface area contributed by atoms with E-state index >= 15 is 0 Å². The second kappa shape index (κ2) is 11.2. The maximum Gasteiger partial charge on any atom is 0.302 e. The third-order valence-electron chi connectivity index (χ3n) is 2.07. The van der Waals surface area contributed by atoms with Gasteiger partial charge in [-0.05, 0) is 6.42 Å². The summed E-state index contributed by atoms with van der Waals surface area (Å²) in [7, 11) is 0. The van der Waals surface area contributed by atoms with Crippen molar-refractivity contribution in [2.75, 3.05) is 13.2 Å². The molecule has 15 heavy (non-hydrogen) atoms. The summed E-state index contributed by atoms with van der Waals surface area (Å²) in [5.41, 5.74) is 0. The fraction of sp³-hybridized carbons (Fsp3) is 0.833. The first-order valence-electron chi connectivity index (χ1n) is 5.89. The predicted molar refractivity (Wildman–Crippen MR) is 63.4 cm³/mol. The maximum atomic E-state index is 10.4. The number of carbonyl (C=O) groups excluding carboxylic acids is 1. The molecule has 0 aliphatic rings. The lowest BCUT2D eigenvalue weighted by atomic mass is 10.2. The first kappa shape index (κ1) is 14.1. The number of hydrogen-bond acceptors (Lipinski definition) is 3. The molecular formula is C12H23NO2. The van der Waals surface area contributed by atoms with Gasteiger partial charge >= 0.3 is 5.97 Å². The summed E-state index contributed by atoms with van der Waals surface area (Å²) in [6.45, 7) is 5.00. The molecule has 0 fully saturated rings. The summed E-state index contributed by atoms with van der Waals surface area (Å²) in [4.78, 5) is 14.7. The van der Waals surface area contributed by atoms with Crippen molar-refractivity contribution in [1.29, 1.82) is 0 Å². The van der Waals surface area contributed by atoms with Gasteiger partial charge in [0.25, 0.3) is 0 Å². The standard InChI is InChI=1S/C12H23NO2/c1-3-4-5-6-7-9-13-10-8-11-15-12(2)14/h10H,3-9,11H2,1-2H3. The Hall–Kier alpha value is -0.860. The Morgan fingerprint density at radius 3 is 2.67 bits per heavy atom. The first-order valence-corrected chi connectivity index (χ1v) is 5.89. The minimum Gasteiger partial charge on any atom is -0.465 e. The van der Waals surface area contributed by atoms with Crippen molar-refractivity contribution in [3.05, 3.63) is 0 Å². The lowest BCUT2D eigenvalue weighted by molar-refractivity contribution is -0.140. The molecule has 0 aromatic carbocycles. The van der Waals surface area contributed by atoms with E-state index in [1.54, 1.807) is 0 Å². The second-order valence-corrected chi connectivity index (χ2v) is 3.63. The molecule has 0 spiro atoms. The van der Waals surface area contributed by atoms with Crippen LogP contribution in [0.5, 0.6) is 0 Å². The minimum atomic E-state index is -0.219. The molecule has 0 saturated heterocycles. The van der Waals surface area contributed by atoms with Crippen LogP contribution in [0.25, 0.3) is 0 Å². The smallest absolute Gasteiger partial charge is 0.302 e. The van der Waals surface area contributed by atoms with Crippen LogP contribution >= 0.6 is 0 Å². The molecule has 0 amide bonds. The number of ether oxygens (including phenoxy) is 1.